The summed E-state index contributed by atoms with van der Waals surface area (Å²) in [7, 11) is 1.71. The fourth-order valence-corrected chi connectivity index (χ4v) is 3.10. The number of carbonyl (C=O) groups excluding carboxylic acids is 1. The molecule has 10 heteroatoms. The van der Waals surface area contributed by atoms with Crippen LogP contribution in [0.5, 0.6) is 6.01 Å². The molecule has 1 aromatic heterocycles. The van der Waals surface area contributed by atoms with Gasteiger partial charge in [0, 0.05) is 39.8 Å². The Labute approximate surface area is 173 Å². The zero-order valence-electron chi connectivity index (χ0n) is 17.9. The number of anilines is 2. The number of aromatic nitrogens is 3. The molecule has 0 spiro atoms. The lowest BCUT2D eigenvalue weighted by Crippen LogP contribution is -2.44. The Balaban J connectivity index is 1.93. The van der Waals surface area contributed by atoms with Crippen molar-refractivity contribution in [3.63, 3.8) is 0 Å². The van der Waals surface area contributed by atoms with Crippen molar-refractivity contribution in [1.82, 2.24) is 20.3 Å². The second kappa shape index (κ2) is 12.4. The van der Waals surface area contributed by atoms with Crippen molar-refractivity contribution in [3.8, 4) is 6.01 Å². The SMILES string of the molecule is CCCC(C)CCOCCOc1nc(N(C)CC(N)=O)nc(N2CCNCC2)n1. The van der Waals surface area contributed by atoms with Crippen molar-refractivity contribution in [2.24, 2.45) is 11.7 Å². The fourth-order valence-electron chi connectivity index (χ4n) is 3.10. The van der Waals surface area contributed by atoms with Crippen LogP contribution in [-0.2, 0) is 9.53 Å². The first-order chi connectivity index (χ1) is 14.0. The summed E-state index contributed by atoms with van der Waals surface area (Å²) >= 11 is 0. The van der Waals surface area contributed by atoms with Crippen LogP contribution in [0.1, 0.15) is 33.1 Å². The van der Waals surface area contributed by atoms with Crippen LogP contribution in [0.15, 0.2) is 0 Å². The third kappa shape index (κ3) is 8.36. The standard InChI is InChI=1S/C19H35N7O3/c1-4-5-15(2)6-11-28-12-13-29-19-23-17(25(3)14-16(20)27)22-18(24-19)26-9-7-21-8-10-26/h15,21H,4-14H2,1-3H3,(H2,20,27). The lowest BCUT2D eigenvalue weighted by atomic mass is 10.0. The summed E-state index contributed by atoms with van der Waals surface area (Å²) in [6.07, 6.45) is 3.47. The highest BCUT2D eigenvalue weighted by Crippen LogP contribution is 2.17. The minimum absolute atomic E-state index is 0.0174. The van der Waals surface area contributed by atoms with Gasteiger partial charge in [0.1, 0.15) is 6.61 Å². The van der Waals surface area contributed by atoms with Crippen LogP contribution in [0, 0.1) is 5.92 Å². The van der Waals surface area contributed by atoms with Gasteiger partial charge in [-0.2, -0.15) is 15.0 Å². The largest absolute Gasteiger partial charge is 0.461 e. The van der Waals surface area contributed by atoms with E-state index < -0.39 is 5.91 Å². The minimum Gasteiger partial charge on any atom is -0.461 e. The Bertz CT molecular complexity index is 626. The maximum absolute atomic E-state index is 11.3. The Morgan fingerprint density at radius 2 is 1.97 bits per heavy atom. The highest BCUT2D eigenvalue weighted by atomic mass is 16.5. The van der Waals surface area contributed by atoms with E-state index in [1.807, 2.05) is 0 Å². The van der Waals surface area contributed by atoms with Crippen molar-refractivity contribution in [1.29, 1.82) is 0 Å². The Kier molecular flexibility index (Phi) is 9.85. The minimum atomic E-state index is -0.454. The van der Waals surface area contributed by atoms with E-state index in [1.165, 1.54) is 12.8 Å². The normalized spacial score (nSPS) is 15.2. The van der Waals surface area contributed by atoms with Crippen LogP contribution in [-0.4, -0.2) is 80.5 Å². The summed E-state index contributed by atoms with van der Waals surface area (Å²) in [4.78, 5) is 28.2. The number of rotatable bonds is 13. The maximum Gasteiger partial charge on any atom is 0.323 e. The van der Waals surface area contributed by atoms with Gasteiger partial charge in [-0.05, 0) is 12.3 Å². The first-order valence-electron chi connectivity index (χ1n) is 10.4. The summed E-state index contributed by atoms with van der Waals surface area (Å²) in [5.41, 5.74) is 5.30. The van der Waals surface area contributed by atoms with E-state index >= 15 is 0 Å². The van der Waals surface area contributed by atoms with Crippen LogP contribution in [0.25, 0.3) is 0 Å². The Morgan fingerprint density at radius 3 is 2.66 bits per heavy atom. The van der Waals surface area contributed by atoms with Gasteiger partial charge in [0.15, 0.2) is 0 Å². The number of amides is 1. The van der Waals surface area contributed by atoms with Gasteiger partial charge in [-0.15, -0.1) is 0 Å². The van der Waals surface area contributed by atoms with Gasteiger partial charge in [0.05, 0.1) is 13.2 Å². The molecule has 2 rings (SSSR count). The van der Waals surface area contributed by atoms with Crippen LogP contribution in [0.3, 0.4) is 0 Å². The second-order valence-corrected chi connectivity index (χ2v) is 7.42. The molecule has 0 aromatic carbocycles. The Morgan fingerprint density at radius 1 is 1.21 bits per heavy atom. The molecule has 10 nitrogen and oxygen atoms in total. The van der Waals surface area contributed by atoms with E-state index in [0.717, 1.165) is 39.2 Å². The van der Waals surface area contributed by atoms with E-state index in [0.29, 0.717) is 31.0 Å². The number of nitrogens with zero attached hydrogens (tertiary/aromatic N) is 5. The van der Waals surface area contributed by atoms with E-state index in [-0.39, 0.29) is 12.6 Å². The summed E-state index contributed by atoms with van der Waals surface area (Å²) in [5, 5.41) is 3.30. The lowest BCUT2D eigenvalue weighted by molar-refractivity contribution is -0.116. The average Bonchev–Trinajstić information content (AvgIpc) is 2.70. The molecule has 1 saturated heterocycles. The number of ether oxygens (including phenoxy) is 2. The smallest absolute Gasteiger partial charge is 0.323 e. The zero-order chi connectivity index (χ0) is 21.1. The number of piperazine rings is 1. The highest BCUT2D eigenvalue weighted by Gasteiger charge is 2.18. The van der Waals surface area contributed by atoms with Crippen molar-refractivity contribution < 1.29 is 14.3 Å². The molecule has 1 fully saturated rings. The van der Waals surface area contributed by atoms with Gasteiger partial charge < -0.3 is 30.3 Å². The third-order valence-electron chi connectivity index (χ3n) is 4.72. The summed E-state index contributed by atoms with van der Waals surface area (Å²) in [6.45, 7) is 9.32. The van der Waals surface area contributed by atoms with Crippen molar-refractivity contribution in [2.45, 2.75) is 33.1 Å². The molecule has 2 heterocycles. The molecular formula is C19H35N7O3. The van der Waals surface area contributed by atoms with Gasteiger partial charge in [0.2, 0.25) is 17.8 Å². The number of hydrogen-bond acceptors (Lipinski definition) is 9. The number of primary amides is 1. The average molecular weight is 410 g/mol. The molecule has 0 aliphatic carbocycles. The molecule has 164 valence electrons. The topological polar surface area (TPSA) is 119 Å². The molecule has 0 radical (unpaired) electrons. The molecular weight excluding hydrogens is 374 g/mol. The van der Waals surface area contributed by atoms with E-state index in [2.05, 4.69) is 39.0 Å². The molecule has 0 saturated carbocycles. The van der Waals surface area contributed by atoms with Gasteiger partial charge in [-0.1, -0.05) is 26.7 Å². The number of hydrogen-bond donors (Lipinski definition) is 2. The molecule has 3 N–H and O–H groups in total. The molecule has 0 bridgehead atoms. The molecule has 1 aliphatic rings. The van der Waals surface area contributed by atoms with Gasteiger partial charge in [0.25, 0.3) is 0 Å². The van der Waals surface area contributed by atoms with Crippen molar-refractivity contribution in [2.75, 3.05) is 69.4 Å². The predicted octanol–water partition coefficient (Wildman–Crippen LogP) is 0.424. The molecule has 1 aliphatic heterocycles. The number of nitrogens with one attached hydrogen (secondary N) is 1. The zero-order valence-corrected chi connectivity index (χ0v) is 17.9. The monoisotopic (exact) mass is 409 g/mol. The summed E-state index contributed by atoms with van der Waals surface area (Å²) in [6, 6.07) is 0.225. The molecule has 29 heavy (non-hydrogen) atoms. The van der Waals surface area contributed by atoms with Crippen LogP contribution < -0.4 is 25.6 Å². The van der Waals surface area contributed by atoms with Gasteiger partial charge >= 0.3 is 6.01 Å². The second-order valence-electron chi connectivity index (χ2n) is 7.42. The van der Waals surface area contributed by atoms with Crippen molar-refractivity contribution in [3.05, 3.63) is 0 Å². The summed E-state index contributed by atoms with van der Waals surface area (Å²) in [5.74, 6) is 1.12. The Hall–Kier alpha value is -2.20. The number of nitrogens with two attached hydrogens (primary N) is 1. The molecule has 1 amide bonds. The molecule has 1 atom stereocenters. The maximum atomic E-state index is 11.3. The first kappa shape index (κ1) is 23.1. The predicted molar refractivity (Wildman–Crippen MR) is 112 cm³/mol. The van der Waals surface area contributed by atoms with E-state index in [9.17, 15) is 4.79 Å². The number of likely N-dealkylation sites (N-methyl/N-ethyl adjacent to an activating group) is 1. The van der Waals surface area contributed by atoms with E-state index in [4.69, 9.17) is 15.2 Å². The van der Waals surface area contributed by atoms with Gasteiger partial charge in [-0.25, -0.2) is 0 Å². The third-order valence-corrected chi connectivity index (χ3v) is 4.72. The lowest BCUT2D eigenvalue weighted by Gasteiger charge is -2.28. The van der Waals surface area contributed by atoms with E-state index in [1.54, 1.807) is 11.9 Å². The molecule has 1 unspecified atom stereocenters. The number of carbonyl (C=O) groups is 1. The highest BCUT2D eigenvalue weighted by molar-refractivity contribution is 5.78. The van der Waals surface area contributed by atoms with Crippen LogP contribution in [0.2, 0.25) is 0 Å². The van der Waals surface area contributed by atoms with Crippen LogP contribution in [0.4, 0.5) is 11.9 Å². The fraction of sp³-hybridized carbons (Fsp3) is 0.789. The van der Waals surface area contributed by atoms with Crippen molar-refractivity contribution >= 4 is 17.8 Å². The van der Waals surface area contributed by atoms with Gasteiger partial charge in [-0.3, -0.25) is 4.79 Å². The molecule has 1 aromatic rings. The quantitative estimate of drug-likeness (QED) is 0.447. The first-order valence-corrected chi connectivity index (χ1v) is 10.4. The summed E-state index contributed by atoms with van der Waals surface area (Å²) < 4.78 is 11.4. The van der Waals surface area contributed by atoms with Crippen LogP contribution >= 0.6 is 0 Å².